The standard InChI is InChI=1S/C13H15F3N2OS/c1-12(19,8-20-2)7-18-11-4-3-10(13(14,15)16)5-9(11)6-17/h3-5,18-19H,7-8H2,1-2H3. The van der Waals surface area contributed by atoms with Crippen molar-refractivity contribution in [2.45, 2.75) is 18.7 Å². The molecule has 1 atom stereocenters. The predicted molar refractivity (Wildman–Crippen MR) is 73.7 cm³/mol. The van der Waals surface area contributed by atoms with Gasteiger partial charge >= 0.3 is 6.18 Å². The molecule has 0 aromatic heterocycles. The molecule has 0 fully saturated rings. The van der Waals surface area contributed by atoms with E-state index < -0.39 is 17.3 Å². The Kier molecular flexibility index (Phi) is 5.31. The van der Waals surface area contributed by atoms with Crippen molar-refractivity contribution in [3.05, 3.63) is 29.3 Å². The van der Waals surface area contributed by atoms with Crippen LogP contribution < -0.4 is 5.32 Å². The maximum atomic E-state index is 12.5. The van der Waals surface area contributed by atoms with E-state index in [0.29, 0.717) is 5.75 Å². The zero-order valence-corrected chi connectivity index (χ0v) is 11.9. The maximum absolute atomic E-state index is 12.5. The summed E-state index contributed by atoms with van der Waals surface area (Å²) in [5.41, 5.74) is -1.69. The highest BCUT2D eigenvalue weighted by Crippen LogP contribution is 2.31. The monoisotopic (exact) mass is 304 g/mol. The van der Waals surface area contributed by atoms with Gasteiger partial charge in [0.1, 0.15) is 6.07 Å². The number of alkyl halides is 3. The molecule has 110 valence electrons. The largest absolute Gasteiger partial charge is 0.416 e. The van der Waals surface area contributed by atoms with Crippen LogP contribution in [0.3, 0.4) is 0 Å². The van der Waals surface area contributed by atoms with Gasteiger partial charge in [-0.2, -0.15) is 30.2 Å². The van der Waals surface area contributed by atoms with Gasteiger partial charge in [-0.05, 0) is 31.4 Å². The van der Waals surface area contributed by atoms with E-state index in [-0.39, 0.29) is 17.8 Å². The molecule has 3 nitrogen and oxygen atoms in total. The Morgan fingerprint density at radius 3 is 2.55 bits per heavy atom. The molecule has 0 saturated carbocycles. The lowest BCUT2D eigenvalue weighted by Gasteiger charge is -2.23. The smallest absolute Gasteiger partial charge is 0.387 e. The topological polar surface area (TPSA) is 56.0 Å². The third-order valence-electron chi connectivity index (χ3n) is 2.58. The Balaban J connectivity index is 2.90. The number of benzene rings is 1. The third-order valence-corrected chi connectivity index (χ3v) is 3.49. The lowest BCUT2D eigenvalue weighted by atomic mass is 10.1. The van der Waals surface area contributed by atoms with Crippen LogP contribution in [0.2, 0.25) is 0 Å². The summed E-state index contributed by atoms with van der Waals surface area (Å²) < 4.78 is 37.6. The van der Waals surface area contributed by atoms with E-state index in [1.807, 2.05) is 6.26 Å². The molecule has 1 rings (SSSR count). The molecule has 0 spiro atoms. The first-order valence-electron chi connectivity index (χ1n) is 5.76. The summed E-state index contributed by atoms with van der Waals surface area (Å²) in [4.78, 5) is 0. The average molecular weight is 304 g/mol. The molecule has 1 aromatic carbocycles. The molecule has 1 unspecified atom stereocenters. The van der Waals surface area contributed by atoms with Gasteiger partial charge in [0.25, 0.3) is 0 Å². The van der Waals surface area contributed by atoms with Gasteiger partial charge in [-0.3, -0.25) is 0 Å². The number of aliphatic hydroxyl groups is 1. The second-order valence-electron chi connectivity index (χ2n) is 4.65. The molecule has 7 heteroatoms. The first kappa shape index (κ1) is 16.7. The van der Waals surface area contributed by atoms with Crippen LogP contribution >= 0.6 is 11.8 Å². The molecule has 0 amide bonds. The Bertz CT molecular complexity index is 509. The van der Waals surface area contributed by atoms with Crippen molar-refractivity contribution in [2.75, 3.05) is 23.9 Å². The number of anilines is 1. The highest BCUT2D eigenvalue weighted by atomic mass is 32.2. The van der Waals surface area contributed by atoms with Crippen molar-refractivity contribution in [3.8, 4) is 6.07 Å². The molecule has 1 aromatic rings. The van der Waals surface area contributed by atoms with Gasteiger partial charge < -0.3 is 10.4 Å². The van der Waals surface area contributed by atoms with Crippen LogP contribution in [0, 0.1) is 11.3 Å². The number of nitrogens with zero attached hydrogens (tertiary/aromatic N) is 1. The van der Waals surface area contributed by atoms with E-state index in [2.05, 4.69) is 5.32 Å². The second-order valence-corrected chi connectivity index (χ2v) is 5.52. The first-order valence-corrected chi connectivity index (χ1v) is 7.15. The van der Waals surface area contributed by atoms with Crippen molar-refractivity contribution in [3.63, 3.8) is 0 Å². The van der Waals surface area contributed by atoms with Gasteiger partial charge in [-0.25, -0.2) is 0 Å². The lowest BCUT2D eigenvalue weighted by molar-refractivity contribution is -0.137. The van der Waals surface area contributed by atoms with Crippen molar-refractivity contribution in [1.82, 2.24) is 0 Å². The summed E-state index contributed by atoms with van der Waals surface area (Å²) in [6.07, 6.45) is -2.64. The van der Waals surface area contributed by atoms with E-state index in [0.717, 1.165) is 12.1 Å². The van der Waals surface area contributed by atoms with Crippen LogP contribution in [0.25, 0.3) is 0 Å². The summed E-state index contributed by atoms with van der Waals surface area (Å²) in [5, 5.41) is 21.7. The Morgan fingerprint density at radius 1 is 1.40 bits per heavy atom. The van der Waals surface area contributed by atoms with Gasteiger partial charge in [-0.1, -0.05) is 0 Å². The SMILES string of the molecule is CSCC(C)(O)CNc1ccc(C(F)(F)F)cc1C#N. The molecule has 0 bridgehead atoms. The van der Waals surface area contributed by atoms with E-state index in [4.69, 9.17) is 5.26 Å². The van der Waals surface area contributed by atoms with Crippen molar-refractivity contribution < 1.29 is 18.3 Å². The predicted octanol–water partition coefficient (Wildman–Crippen LogP) is 3.10. The normalized spacial score (nSPS) is 14.4. The average Bonchev–Trinajstić information content (AvgIpc) is 2.35. The van der Waals surface area contributed by atoms with Crippen LogP contribution in [-0.2, 0) is 6.18 Å². The molecule has 0 heterocycles. The van der Waals surface area contributed by atoms with E-state index >= 15 is 0 Å². The van der Waals surface area contributed by atoms with Crippen LogP contribution in [-0.4, -0.2) is 29.3 Å². The van der Waals surface area contributed by atoms with Crippen molar-refractivity contribution >= 4 is 17.4 Å². The van der Waals surface area contributed by atoms with E-state index in [1.54, 1.807) is 13.0 Å². The summed E-state index contributed by atoms with van der Waals surface area (Å²) >= 11 is 1.46. The maximum Gasteiger partial charge on any atom is 0.416 e. The molecular weight excluding hydrogens is 289 g/mol. The minimum Gasteiger partial charge on any atom is -0.387 e. The summed E-state index contributed by atoms with van der Waals surface area (Å²) in [6, 6.07) is 4.64. The Hall–Kier alpha value is -1.39. The van der Waals surface area contributed by atoms with E-state index in [1.165, 1.54) is 17.8 Å². The van der Waals surface area contributed by atoms with Crippen LogP contribution in [0.1, 0.15) is 18.1 Å². The zero-order valence-electron chi connectivity index (χ0n) is 11.1. The van der Waals surface area contributed by atoms with Gasteiger partial charge in [-0.15, -0.1) is 0 Å². The zero-order chi connectivity index (χ0) is 15.4. The summed E-state index contributed by atoms with van der Waals surface area (Å²) in [7, 11) is 0. The Morgan fingerprint density at radius 2 is 2.05 bits per heavy atom. The lowest BCUT2D eigenvalue weighted by Crippen LogP contribution is -2.36. The van der Waals surface area contributed by atoms with Crippen LogP contribution in [0.4, 0.5) is 18.9 Å². The highest BCUT2D eigenvalue weighted by Gasteiger charge is 2.31. The summed E-state index contributed by atoms with van der Waals surface area (Å²) in [6.45, 7) is 1.76. The number of nitrogens with one attached hydrogen (secondary N) is 1. The van der Waals surface area contributed by atoms with Crippen LogP contribution in [0.15, 0.2) is 18.2 Å². The number of halogens is 3. The fourth-order valence-corrected chi connectivity index (χ4v) is 2.34. The second kappa shape index (κ2) is 6.37. The molecular formula is C13H15F3N2OS. The molecule has 2 N–H and O–H groups in total. The highest BCUT2D eigenvalue weighted by molar-refractivity contribution is 7.98. The van der Waals surface area contributed by atoms with Crippen molar-refractivity contribution in [1.29, 1.82) is 5.26 Å². The minimum atomic E-state index is -4.48. The fraction of sp³-hybridized carbons (Fsp3) is 0.462. The first-order chi connectivity index (χ1) is 9.19. The number of rotatable bonds is 5. The number of hydrogen-bond acceptors (Lipinski definition) is 4. The van der Waals surface area contributed by atoms with E-state index in [9.17, 15) is 18.3 Å². The molecule has 20 heavy (non-hydrogen) atoms. The number of nitriles is 1. The molecule has 0 radical (unpaired) electrons. The number of hydrogen-bond donors (Lipinski definition) is 2. The summed E-state index contributed by atoms with van der Waals surface area (Å²) in [5.74, 6) is 0.475. The van der Waals surface area contributed by atoms with Gasteiger partial charge in [0.2, 0.25) is 0 Å². The van der Waals surface area contributed by atoms with Crippen molar-refractivity contribution in [2.24, 2.45) is 0 Å². The van der Waals surface area contributed by atoms with Gasteiger partial charge in [0.05, 0.1) is 22.4 Å². The molecule has 0 aliphatic carbocycles. The van der Waals surface area contributed by atoms with Gasteiger partial charge in [0.15, 0.2) is 0 Å². The molecule has 0 aliphatic heterocycles. The minimum absolute atomic E-state index is 0.0974. The van der Waals surface area contributed by atoms with Gasteiger partial charge in [0, 0.05) is 12.3 Å². The fourth-order valence-electron chi connectivity index (χ4n) is 1.61. The Labute approximate surface area is 119 Å². The number of thioether (sulfide) groups is 1. The van der Waals surface area contributed by atoms with Crippen LogP contribution in [0.5, 0.6) is 0 Å². The molecule has 0 aliphatic rings. The third kappa shape index (κ3) is 4.62. The molecule has 0 saturated heterocycles. The quantitative estimate of drug-likeness (QED) is 0.877.